The highest BCUT2D eigenvalue weighted by atomic mass is 19.1. The predicted octanol–water partition coefficient (Wildman–Crippen LogP) is 3.74. The topological polar surface area (TPSA) is 41.5 Å². The summed E-state index contributed by atoms with van der Waals surface area (Å²) in [6.07, 6.45) is 1.71. The number of hydrogen-bond donors (Lipinski definition) is 0. The van der Waals surface area contributed by atoms with Gasteiger partial charge in [-0.05, 0) is 48.4 Å². The van der Waals surface area contributed by atoms with Crippen LogP contribution in [0.25, 0.3) is 10.9 Å². The molecule has 1 fully saturated rings. The highest BCUT2D eigenvalue weighted by molar-refractivity contribution is 5.78. The number of hydrogen-bond acceptors (Lipinski definition) is 5. The SMILES string of the molecule is COc1ccc(N2CCN(c3ncc4cc(F)ccc4n3)CC(C)C2)cc1. The second kappa shape index (κ2) is 7.39. The van der Waals surface area contributed by atoms with Gasteiger partial charge in [0.05, 0.1) is 12.6 Å². The molecule has 0 amide bonds. The largest absolute Gasteiger partial charge is 0.497 e. The van der Waals surface area contributed by atoms with Gasteiger partial charge in [0.15, 0.2) is 0 Å². The van der Waals surface area contributed by atoms with Crippen LogP contribution in [0.2, 0.25) is 0 Å². The van der Waals surface area contributed by atoms with Crippen LogP contribution in [0.3, 0.4) is 0 Å². The molecule has 5 nitrogen and oxygen atoms in total. The highest BCUT2D eigenvalue weighted by Gasteiger charge is 2.22. The molecular weight excluding hydrogens is 343 g/mol. The Morgan fingerprint density at radius 2 is 1.78 bits per heavy atom. The van der Waals surface area contributed by atoms with Crippen molar-refractivity contribution in [1.29, 1.82) is 0 Å². The van der Waals surface area contributed by atoms with Crippen LogP contribution >= 0.6 is 0 Å². The predicted molar refractivity (Wildman–Crippen MR) is 106 cm³/mol. The number of anilines is 2. The van der Waals surface area contributed by atoms with Crippen LogP contribution in [0.4, 0.5) is 16.0 Å². The van der Waals surface area contributed by atoms with Gasteiger partial charge in [0, 0.05) is 43.4 Å². The van der Waals surface area contributed by atoms with Crippen molar-refractivity contribution in [3.8, 4) is 5.75 Å². The highest BCUT2D eigenvalue weighted by Crippen LogP contribution is 2.24. The Balaban J connectivity index is 1.54. The molecule has 1 aliphatic rings. The maximum atomic E-state index is 13.4. The molecule has 1 aromatic heterocycles. The number of nitrogens with zero attached hydrogens (tertiary/aromatic N) is 4. The number of benzene rings is 2. The average molecular weight is 366 g/mol. The molecule has 2 aromatic carbocycles. The first-order chi connectivity index (χ1) is 13.1. The van der Waals surface area contributed by atoms with Crippen LogP contribution in [-0.2, 0) is 0 Å². The van der Waals surface area contributed by atoms with E-state index in [4.69, 9.17) is 4.74 Å². The smallest absolute Gasteiger partial charge is 0.225 e. The minimum atomic E-state index is -0.266. The molecule has 1 unspecified atom stereocenters. The number of ether oxygens (including phenoxy) is 1. The Kier molecular flexibility index (Phi) is 4.79. The molecular formula is C21H23FN4O. The maximum absolute atomic E-state index is 13.4. The normalized spacial score (nSPS) is 17.8. The van der Waals surface area contributed by atoms with Crippen LogP contribution < -0.4 is 14.5 Å². The number of fused-ring (bicyclic) bond motifs is 1. The molecule has 1 atom stereocenters. The van der Waals surface area contributed by atoms with Crippen LogP contribution in [0, 0.1) is 11.7 Å². The third kappa shape index (κ3) is 3.79. The lowest BCUT2D eigenvalue weighted by molar-refractivity contribution is 0.415. The van der Waals surface area contributed by atoms with Crippen LogP contribution in [-0.4, -0.2) is 43.3 Å². The van der Waals surface area contributed by atoms with Gasteiger partial charge in [-0.25, -0.2) is 14.4 Å². The lowest BCUT2D eigenvalue weighted by Gasteiger charge is -2.24. The summed E-state index contributed by atoms with van der Waals surface area (Å²) in [5.74, 6) is 1.77. The Morgan fingerprint density at radius 1 is 1.04 bits per heavy atom. The van der Waals surface area contributed by atoms with Crippen molar-refractivity contribution in [2.24, 2.45) is 5.92 Å². The van der Waals surface area contributed by atoms with Crippen molar-refractivity contribution < 1.29 is 9.13 Å². The lowest BCUT2D eigenvalue weighted by Crippen LogP contribution is -2.31. The average Bonchev–Trinajstić information content (AvgIpc) is 2.89. The van der Waals surface area contributed by atoms with Crippen molar-refractivity contribution in [3.05, 3.63) is 54.5 Å². The molecule has 1 aliphatic heterocycles. The molecule has 3 aromatic rings. The Labute approximate surface area is 158 Å². The first-order valence-electron chi connectivity index (χ1n) is 9.18. The zero-order chi connectivity index (χ0) is 18.8. The van der Waals surface area contributed by atoms with Gasteiger partial charge in [-0.2, -0.15) is 0 Å². The van der Waals surface area contributed by atoms with Gasteiger partial charge in [0.2, 0.25) is 5.95 Å². The minimum Gasteiger partial charge on any atom is -0.497 e. The molecule has 4 rings (SSSR count). The summed E-state index contributed by atoms with van der Waals surface area (Å²) >= 11 is 0. The van der Waals surface area contributed by atoms with E-state index in [9.17, 15) is 4.39 Å². The summed E-state index contributed by atoms with van der Waals surface area (Å²) in [4.78, 5) is 13.7. The second-order valence-corrected chi connectivity index (χ2v) is 7.07. The fraction of sp³-hybridized carbons (Fsp3) is 0.333. The Morgan fingerprint density at radius 3 is 2.56 bits per heavy atom. The number of rotatable bonds is 3. The monoisotopic (exact) mass is 366 g/mol. The quantitative estimate of drug-likeness (QED) is 0.706. The standard InChI is InChI=1S/C21H23FN4O/c1-15-13-25(18-4-6-19(27-2)7-5-18)9-10-26(14-15)21-23-12-16-11-17(22)3-8-20(16)24-21/h3-8,11-12,15H,9-10,13-14H2,1-2H3. The van der Waals surface area contributed by atoms with Crippen LogP contribution in [0.1, 0.15) is 6.92 Å². The molecule has 0 spiro atoms. The summed E-state index contributed by atoms with van der Waals surface area (Å²) in [7, 11) is 1.68. The van der Waals surface area contributed by atoms with E-state index in [1.54, 1.807) is 19.4 Å². The Hall–Kier alpha value is -2.89. The van der Waals surface area contributed by atoms with E-state index in [0.29, 0.717) is 11.9 Å². The summed E-state index contributed by atoms with van der Waals surface area (Å²) in [6.45, 7) is 5.83. The number of methoxy groups -OCH3 is 1. The molecule has 0 aliphatic carbocycles. The number of aromatic nitrogens is 2. The van der Waals surface area contributed by atoms with Gasteiger partial charge < -0.3 is 14.5 Å². The number of halogens is 1. The summed E-state index contributed by atoms with van der Waals surface area (Å²) in [6, 6.07) is 12.8. The third-order valence-electron chi connectivity index (χ3n) is 4.95. The molecule has 27 heavy (non-hydrogen) atoms. The zero-order valence-corrected chi connectivity index (χ0v) is 15.6. The van der Waals surface area contributed by atoms with E-state index in [2.05, 4.69) is 38.8 Å². The van der Waals surface area contributed by atoms with Crippen molar-refractivity contribution in [2.45, 2.75) is 6.92 Å². The van der Waals surface area contributed by atoms with E-state index in [0.717, 1.165) is 42.8 Å². The fourth-order valence-electron chi connectivity index (χ4n) is 3.59. The Bertz CT molecular complexity index is 931. The lowest BCUT2D eigenvalue weighted by atomic mass is 10.1. The van der Waals surface area contributed by atoms with E-state index in [-0.39, 0.29) is 5.82 Å². The van der Waals surface area contributed by atoms with E-state index >= 15 is 0 Å². The summed E-state index contributed by atoms with van der Waals surface area (Å²) < 4.78 is 18.6. The van der Waals surface area contributed by atoms with Gasteiger partial charge in [0.25, 0.3) is 0 Å². The molecule has 2 heterocycles. The van der Waals surface area contributed by atoms with Crippen LogP contribution in [0.15, 0.2) is 48.7 Å². The van der Waals surface area contributed by atoms with Gasteiger partial charge in [-0.1, -0.05) is 6.92 Å². The van der Waals surface area contributed by atoms with E-state index < -0.39 is 0 Å². The molecule has 140 valence electrons. The van der Waals surface area contributed by atoms with E-state index in [1.807, 2.05) is 12.1 Å². The summed E-state index contributed by atoms with van der Waals surface area (Å²) in [5.41, 5.74) is 1.96. The maximum Gasteiger partial charge on any atom is 0.225 e. The molecule has 0 bridgehead atoms. The van der Waals surface area contributed by atoms with Gasteiger partial charge >= 0.3 is 0 Å². The van der Waals surface area contributed by atoms with Gasteiger partial charge in [0.1, 0.15) is 11.6 Å². The van der Waals surface area contributed by atoms with Crippen molar-refractivity contribution >= 4 is 22.5 Å². The van der Waals surface area contributed by atoms with Crippen molar-refractivity contribution in [2.75, 3.05) is 43.1 Å². The van der Waals surface area contributed by atoms with Crippen molar-refractivity contribution in [3.63, 3.8) is 0 Å². The first-order valence-corrected chi connectivity index (χ1v) is 9.18. The molecule has 0 N–H and O–H groups in total. The van der Waals surface area contributed by atoms with E-state index in [1.165, 1.54) is 17.8 Å². The second-order valence-electron chi connectivity index (χ2n) is 7.07. The molecule has 0 radical (unpaired) electrons. The van der Waals surface area contributed by atoms with Crippen LogP contribution in [0.5, 0.6) is 5.75 Å². The summed E-state index contributed by atoms with van der Waals surface area (Å²) in [5, 5.41) is 0.724. The van der Waals surface area contributed by atoms with Crippen molar-refractivity contribution in [1.82, 2.24) is 9.97 Å². The molecule has 0 saturated carbocycles. The molecule has 1 saturated heterocycles. The minimum absolute atomic E-state index is 0.266. The zero-order valence-electron chi connectivity index (χ0n) is 15.6. The molecule has 6 heteroatoms. The third-order valence-corrected chi connectivity index (χ3v) is 4.95. The van der Waals surface area contributed by atoms with Gasteiger partial charge in [-0.15, -0.1) is 0 Å². The van der Waals surface area contributed by atoms with Gasteiger partial charge in [-0.3, -0.25) is 0 Å². The first kappa shape index (κ1) is 17.5. The fourth-order valence-corrected chi connectivity index (χ4v) is 3.59.